The number of nitrogens with zero attached hydrogens (tertiary/aromatic N) is 1. The van der Waals surface area contributed by atoms with Crippen LogP contribution in [-0.2, 0) is 23.9 Å². The Labute approximate surface area is 172 Å². The average molecular weight is 405 g/mol. The van der Waals surface area contributed by atoms with Crippen LogP contribution in [0.2, 0.25) is 0 Å². The molecule has 2 aromatic carbocycles. The fraction of sp³-hybridized carbons (Fsp3) is 0.182. The van der Waals surface area contributed by atoms with Crippen LogP contribution >= 0.6 is 0 Å². The van der Waals surface area contributed by atoms with Crippen LogP contribution in [0.5, 0.6) is 0 Å². The van der Waals surface area contributed by atoms with Gasteiger partial charge in [-0.05, 0) is 30.7 Å². The first kappa shape index (κ1) is 19.4. The monoisotopic (exact) mass is 405 g/mol. The van der Waals surface area contributed by atoms with Crippen LogP contribution in [0, 0.1) is 5.92 Å². The van der Waals surface area contributed by atoms with Gasteiger partial charge < -0.3 is 15.4 Å². The Hall–Kier alpha value is -3.94. The molecule has 2 aromatic rings. The van der Waals surface area contributed by atoms with Gasteiger partial charge in [0.05, 0.1) is 35.7 Å². The highest BCUT2D eigenvalue weighted by Crippen LogP contribution is 2.34. The van der Waals surface area contributed by atoms with Gasteiger partial charge in [-0.1, -0.05) is 30.3 Å². The molecule has 2 N–H and O–H groups in total. The Morgan fingerprint density at radius 2 is 1.63 bits per heavy atom. The molecule has 0 aromatic heterocycles. The average Bonchev–Trinajstić information content (AvgIpc) is 3.04. The number of carbonyl (C=O) groups excluding carboxylic acids is 4. The molecule has 0 saturated carbocycles. The molecule has 3 amide bonds. The van der Waals surface area contributed by atoms with Crippen LogP contribution < -0.4 is 15.5 Å². The van der Waals surface area contributed by atoms with Crippen molar-refractivity contribution in [1.82, 2.24) is 0 Å². The molecule has 2 heterocycles. The summed E-state index contributed by atoms with van der Waals surface area (Å²) in [5, 5.41) is 5.68. The van der Waals surface area contributed by atoms with Crippen molar-refractivity contribution >= 4 is 40.8 Å². The molecule has 2 aliphatic rings. The van der Waals surface area contributed by atoms with Crippen molar-refractivity contribution in [2.75, 3.05) is 22.6 Å². The fourth-order valence-electron chi connectivity index (χ4n) is 3.65. The number of anilines is 3. The van der Waals surface area contributed by atoms with E-state index in [4.69, 9.17) is 4.74 Å². The zero-order chi connectivity index (χ0) is 21.3. The lowest BCUT2D eigenvalue weighted by molar-refractivity contribution is -0.136. The Bertz CT molecular complexity index is 1080. The summed E-state index contributed by atoms with van der Waals surface area (Å²) < 4.78 is 4.86. The summed E-state index contributed by atoms with van der Waals surface area (Å²) in [6.45, 7) is 0. The molecule has 1 atom stereocenters. The van der Waals surface area contributed by atoms with E-state index >= 15 is 0 Å². The standard InChI is InChI=1S/C22H19N3O5/c1-30-22(29)15(19-20(27)24-17-10-6-5-9-16(17)23-19)11-13-12-18(26)25(21(13)28)14-7-3-2-4-8-14/h2-10,13,23H,11-12H2,1H3,(H,24,27)/b19-15+. The number of esters is 1. The highest BCUT2D eigenvalue weighted by molar-refractivity contribution is 6.21. The lowest BCUT2D eigenvalue weighted by atomic mass is 9.95. The van der Waals surface area contributed by atoms with Crippen molar-refractivity contribution in [3.8, 4) is 0 Å². The van der Waals surface area contributed by atoms with Crippen LogP contribution in [-0.4, -0.2) is 30.8 Å². The van der Waals surface area contributed by atoms with E-state index < -0.39 is 23.7 Å². The lowest BCUT2D eigenvalue weighted by Gasteiger charge is -2.23. The molecular formula is C22H19N3O5. The fourth-order valence-corrected chi connectivity index (χ4v) is 3.65. The third-order valence-electron chi connectivity index (χ3n) is 5.10. The van der Waals surface area contributed by atoms with Crippen molar-refractivity contribution in [2.24, 2.45) is 5.92 Å². The number of methoxy groups -OCH3 is 1. The topological polar surface area (TPSA) is 105 Å². The Kier molecular flexibility index (Phi) is 5.05. The molecule has 8 heteroatoms. The highest BCUT2D eigenvalue weighted by Gasteiger charge is 2.41. The molecule has 0 spiro atoms. The summed E-state index contributed by atoms with van der Waals surface area (Å²) >= 11 is 0. The van der Waals surface area contributed by atoms with Gasteiger partial charge in [0.15, 0.2) is 0 Å². The molecular weight excluding hydrogens is 386 g/mol. The number of hydrogen-bond acceptors (Lipinski definition) is 6. The third-order valence-corrected chi connectivity index (χ3v) is 5.10. The maximum absolute atomic E-state index is 12.9. The number of fused-ring (bicyclic) bond motifs is 1. The van der Waals surface area contributed by atoms with Gasteiger partial charge in [-0.2, -0.15) is 0 Å². The SMILES string of the molecule is COC(=O)/C(CC1CC(=O)N(c2ccccc2)C1=O)=C1/Nc2ccccc2NC1=O. The van der Waals surface area contributed by atoms with E-state index in [9.17, 15) is 19.2 Å². The molecule has 152 valence electrons. The zero-order valence-electron chi connectivity index (χ0n) is 16.2. The van der Waals surface area contributed by atoms with Crippen LogP contribution in [0.3, 0.4) is 0 Å². The molecule has 0 aliphatic carbocycles. The number of carbonyl (C=O) groups is 4. The third kappa shape index (κ3) is 3.43. The number of hydrogen-bond donors (Lipinski definition) is 2. The number of imide groups is 1. The molecule has 4 rings (SSSR count). The molecule has 8 nitrogen and oxygen atoms in total. The summed E-state index contributed by atoms with van der Waals surface area (Å²) in [5.74, 6) is -2.77. The van der Waals surface area contributed by atoms with Crippen molar-refractivity contribution in [3.63, 3.8) is 0 Å². The van der Waals surface area contributed by atoms with E-state index in [1.807, 2.05) is 0 Å². The zero-order valence-corrected chi connectivity index (χ0v) is 16.2. The number of para-hydroxylation sites is 3. The quantitative estimate of drug-likeness (QED) is 0.460. The Morgan fingerprint density at radius 1 is 1.00 bits per heavy atom. The van der Waals surface area contributed by atoms with Crippen LogP contribution in [0.1, 0.15) is 12.8 Å². The van der Waals surface area contributed by atoms with Gasteiger partial charge in [0.1, 0.15) is 5.70 Å². The molecule has 0 bridgehead atoms. The number of ether oxygens (including phenoxy) is 1. The minimum Gasteiger partial charge on any atom is -0.466 e. The summed E-state index contributed by atoms with van der Waals surface area (Å²) in [4.78, 5) is 51.7. The summed E-state index contributed by atoms with van der Waals surface area (Å²) in [7, 11) is 1.20. The van der Waals surface area contributed by atoms with E-state index in [1.165, 1.54) is 7.11 Å². The van der Waals surface area contributed by atoms with Crippen molar-refractivity contribution in [2.45, 2.75) is 12.8 Å². The Morgan fingerprint density at radius 3 is 2.30 bits per heavy atom. The van der Waals surface area contributed by atoms with E-state index in [0.29, 0.717) is 17.1 Å². The number of benzene rings is 2. The maximum atomic E-state index is 12.9. The predicted octanol–water partition coefficient (Wildman–Crippen LogP) is 2.45. The molecule has 1 unspecified atom stereocenters. The van der Waals surface area contributed by atoms with Crippen LogP contribution in [0.4, 0.5) is 17.1 Å². The van der Waals surface area contributed by atoms with Gasteiger partial charge >= 0.3 is 5.97 Å². The summed E-state index contributed by atoms with van der Waals surface area (Å²) in [5.41, 5.74) is 1.71. The van der Waals surface area contributed by atoms with Gasteiger partial charge in [0.2, 0.25) is 11.8 Å². The predicted molar refractivity (Wildman–Crippen MR) is 109 cm³/mol. The van der Waals surface area contributed by atoms with Crippen LogP contribution in [0.25, 0.3) is 0 Å². The highest BCUT2D eigenvalue weighted by atomic mass is 16.5. The van der Waals surface area contributed by atoms with E-state index in [-0.39, 0.29) is 30.0 Å². The smallest absolute Gasteiger partial charge is 0.336 e. The van der Waals surface area contributed by atoms with E-state index in [1.54, 1.807) is 54.6 Å². The van der Waals surface area contributed by atoms with Crippen molar-refractivity contribution < 1.29 is 23.9 Å². The minimum absolute atomic E-state index is 0.0129. The molecule has 1 saturated heterocycles. The second-order valence-electron chi connectivity index (χ2n) is 6.98. The van der Waals surface area contributed by atoms with Gasteiger partial charge in [-0.25, -0.2) is 4.79 Å². The minimum atomic E-state index is -0.772. The van der Waals surface area contributed by atoms with Gasteiger partial charge in [-0.3, -0.25) is 19.3 Å². The first-order valence-corrected chi connectivity index (χ1v) is 9.40. The lowest BCUT2D eigenvalue weighted by Crippen LogP contribution is -2.32. The van der Waals surface area contributed by atoms with E-state index in [2.05, 4.69) is 10.6 Å². The largest absolute Gasteiger partial charge is 0.466 e. The van der Waals surface area contributed by atoms with Crippen LogP contribution in [0.15, 0.2) is 65.9 Å². The Balaban J connectivity index is 1.66. The molecule has 2 aliphatic heterocycles. The van der Waals surface area contributed by atoms with Crippen molar-refractivity contribution in [1.29, 1.82) is 0 Å². The van der Waals surface area contributed by atoms with Gasteiger partial charge in [0, 0.05) is 6.42 Å². The normalized spacial score (nSPS) is 19.7. The van der Waals surface area contributed by atoms with Gasteiger partial charge in [0.25, 0.3) is 5.91 Å². The molecule has 30 heavy (non-hydrogen) atoms. The summed E-state index contributed by atoms with van der Waals surface area (Å²) in [6.07, 6.45) is -0.155. The first-order valence-electron chi connectivity index (χ1n) is 9.40. The molecule has 0 radical (unpaired) electrons. The van der Waals surface area contributed by atoms with Gasteiger partial charge in [-0.15, -0.1) is 0 Å². The second kappa shape index (κ2) is 7.82. The summed E-state index contributed by atoms with van der Waals surface area (Å²) in [6, 6.07) is 15.6. The number of rotatable bonds is 4. The first-order chi connectivity index (χ1) is 14.5. The second-order valence-corrected chi connectivity index (χ2v) is 6.98. The molecule has 1 fully saturated rings. The number of amides is 3. The number of nitrogens with one attached hydrogen (secondary N) is 2. The van der Waals surface area contributed by atoms with E-state index in [0.717, 1.165) is 4.90 Å². The maximum Gasteiger partial charge on any atom is 0.336 e. The van der Waals surface area contributed by atoms with Crippen molar-refractivity contribution in [3.05, 3.63) is 65.9 Å².